The van der Waals surface area contributed by atoms with Gasteiger partial charge in [-0.1, -0.05) is 0 Å². The standard InChI is InChI=1S/C14H18O7/c1-2-19-14-12(18)10(13(21-14)11(17)7-16)5-8-3-4-9(6-15)20-8/h3-5,11,13-17H,2,6-7H2,1H3/t11-,13+,14-/m1/s1. The van der Waals surface area contributed by atoms with Crippen molar-refractivity contribution < 1.29 is 34.0 Å². The van der Waals surface area contributed by atoms with E-state index in [4.69, 9.17) is 24.1 Å². The van der Waals surface area contributed by atoms with E-state index in [0.717, 1.165) is 0 Å². The fourth-order valence-electron chi connectivity index (χ4n) is 2.07. The van der Waals surface area contributed by atoms with E-state index in [-0.39, 0.29) is 18.8 Å². The predicted octanol–water partition coefficient (Wildman–Crippen LogP) is -0.161. The van der Waals surface area contributed by atoms with Gasteiger partial charge >= 0.3 is 0 Å². The van der Waals surface area contributed by atoms with E-state index in [0.29, 0.717) is 11.5 Å². The molecule has 0 spiro atoms. The number of aliphatic hydroxyl groups excluding tert-OH is 3. The molecule has 0 amide bonds. The molecule has 0 unspecified atom stereocenters. The van der Waals surface area contributed by atoms with Crippen LogP contribution in [0.2, 0.25) is 0 Å². The normalized spacial score (nSPS) is 25.7. The third-order valence-corrected chi connectivity index (χ3v) is 3.07. The molecule has 3 N–H and O–H groups in total. The second kappa shape index (κ2) is 6.97. The first kappa shape index (κ1) is 15.9. The second-order valence-corrected chi connectivity index (χ2v) is 4.52. The Labute approximate surface area is 121 Å². The van der Waals surface area contributed by atoms with E-state index >= 15 is 0 Å². The van der Waals surface area contributed by atoms with Crippen LogP contribution in [0.5, 0.6) is 0 Å². The minimum atomic E-state index is -1.24. The van der Waals surface area contributed by atoms with Gasteiger partial charge in [-0.2, -0.15) is 0 Å². The van der Waals surface area contributed by atoms with Crippen LogP contribution in [0.4, 0.5) is 0 Å². The Bertz CT molecular complexity index is 519. The summed E-state index contributed by atoms with van der Waals surface area (Å²) >= 11 is 0. The van der Waals surface area contributed by atoms with Gasteiger partial charge < -0.3 is 29.2 Å². The number of Topliss-reactive ketones (excluding diaryl/α,β-unsaturated/α-hetero) is 1. The van der Waals surface area contributed by atoms with Crippen molar-refractivity contribution in [1.82, 2.24) is 0 Å². The number of carbonyl (C=O) groups is 1. The molecule has 0 saturated carbocycles. The monoisotopic (exact) mass is 298 g/mol. The van der Waals surface area contributed by atoms with Gasteiger partial charge in [0.15, 0.2) is 0 Å². The smallest absolute Gasteiger partial charge is 0.223 e. The van der Waals surface area contributed by atoms with Gasteiger partial charge in [-0.25, -0.2) is 0 Å². The highest BCUT2D eigenvalue weighted by Crippen LogP contribution is 2.28. The van der Waals surface area contributed by atoms with Gasteiger partial charge in [0, 0.05) is 12.2 Å². The Morgan fingerprint density at radius 3 is 2.76 bits per heavy atom. The van der Waals surface area contributed by atoms with Gasteiger partial charge in [-0.3, -0.25) is 4.79 Å². The van der Waals surface area contributed by atoms with Crippen molar-refractivity contribution >= 4 is 11.9 Å². The molecule has 21 heavy (non-hydrogen) atoms. The summed E-state index contributed by atoms with van der Waals surface area (Å²) in [7, 11) is 0. The molecule has 1 saturated heterocycles. The molecule has 1 fully saturated rings. The van der Waals surface area contributed by atoms with Crippen LogP contribution in [-0.4, -0.2) is 52.8 Å². The van der Waals surface area contributed by atoms with Crippen LogP contribution in [0.3, 0.4) is 0 Å². The summed E-state index contributed by atoms with van der Waals surface area (Å²) in [5.74, 6) is 0.281. The number of rotatable bonds is 6. The van der Waals surface area contributed by atoms with Crippen LogP contribution in [-0.2, 0) is 20.9 Å². The SMILES string of the molecule is CCO[C@@H]1O[C@H]([C@H](O)CO)C(=Cc2ccc(CO)o2)C1=O. The number of ketones is 1. The summed E-state index contributed by atoms with van der Waals surface area (Å²) < 4.78 is 15.8. The number of furan rings is 1. The lowest BCUT2D eigenvalue weighted by atomic mass is 10.0. The molecular formula is C14H18O7. The molecule has 1 aliphatic rings. The zero-order valence-corrected chi connectivity index (χ0v) is 11.6. The van der Waals surface area contributed by atoms with Crippen molar-refractivity contribution in [3.8, 4) is 0 Å². The molecule has 1 aromatic heterocycles. The van der Waals surface area contributed by atoms with Gasteiger partial charge in [-0.05, 0) is 25.1 Å². The van der Waals surface area contributed by atoms with E-state index < -0.39 is 30.9 Å². The summed E-state index contributed by atoms with van der Waals surface area (Å²) in [5, 5.41) is 27.8. The van der Waals surface area contributed by atoms with Crippen LogP contribution in [0, 0.1) is 0 Å². The van der Waals surface area contributed by atoms with Crippen LogP contribution in [0.25, 0.3) is 6.08 Å². The van der Waals surface area contributed by atoms with E-state index in [9.17, 15) is 9.90 Å². The molecule has 1 aliphatic heterocycles. The van der Waals surface area contributed by atoms with Crippen molar-refractivity contribution in [1.29, 1.82) is 0 Å². The van der Waals surface area contributed by atoms with Gasteiger partial charge in [0.2, 0.25) is 12.1 Å². The predicted molar refractivity (Wildman–Crippen MR) is 71.0 cm³/mol. The van der Waals surface area contributed by atoms with E-state index in [1.54, 1.807) is 19.1 Å². The molecule has 2 rings (SSSR count). The van der Waals surface area contributed by atoms with Crippen LogP contribution < -0.4 is 0 Å². The second-order valence-electron chi connectivity index (χ2n) is 4.52. The Kier molecular flexibility index (Phi) is 5.27. The molecule has 0 aromatic carbocycles. The summed E-state index contributed by atoms with van der Waals surface area (Å²) in [6, 6.07) is 3.16. The summed E-state index contributed by atoms with van der Waals surface area (Å²) in [6.07, 6.45) is -1.90. The van der Waals surface area contributed by atoms with Crippen molar-refractivity contribution in [2.75, 3.05) is 13.2 Å². The quantitative estimate of drug-likeness (QED) is 0.626. The Morgan fingerprint density at radius 1 is 1.43 bits per heavy atom. The fraction of sp³-hybridized carbons (Fsp3) is 0.500. The molecule has 7 heteroatoms. The van der Waals surface area contributed by atoms with Crippen LogP contribution in [0.1, 0.15) is 18.4 Å². The third kappa shape index (κ3) is 3.39. The number of hydrogen-bond donors (Lipinski definition) is 3. The molecular weight excluding hydrogens is 280 g/mol. The maximum absolute atomic E-state index is 12.2. The number of aliphatic hydroxyl groups is 3. The molecule has 1 aromatic rings. The van der Waals surface area contributed by atoms with Crippen molar-refractivity contribution in [3.05, 3.63) is 29.2 Å². The average Bonchev–Trinajstić information content (AvgIpc) is 3.06. The Hall–Kier alpha value is -1.51. The Morgan fingerprint density at radius 2 is 2.19 bits per heavy atom. The lowest BCUT2D eigenvalue weighted by molar-refractivity contribution is -0.166. The molecule has 116 valence electrons. The number of carbonyl (C=O) groups excluding carboxylic acids is 1. The average molecular weight is 298 g/mol. The molecule has 0 aliphatic carbocycles. The van der Waals surface area contributed by atoms with Gasteiger partial charge in [-0.15, -0.1) is 0 Å². The highest BCUT2D eigenvalue weighted by molar-refractivity contribution is 6.04. The van der Waals surface area contributed by atoms with E-state index in [1.165, 1.54) is 6.08 Å². The molecule has 0 radical (unpaired) electrons. The molecule has 7 nitrogen and oxygen atoms in total. The van der Waals surface area contributed by atoms with E-state index in [1.807, 2.05) is 0 Å². The Balaban J connectivity index is 2.29. The summed E-state index contributed by atoms with van der Waals surface area (Å²) in [6.45, 7) is 1.20. The minimum absolute atomic E-state index is 0.161. The zero-order valence-electron chi connectivity index (χ0n) is 11.6. The molecule has 2 heterocycles. The maximum atomic E-state index is 12.2. The maximum Gasteiger partial charge on any atom is 0.223 e. The van der Waals surface area contributed by atoms with E-state index in [2.05, 4.69) is 0 Å². The first-order valence-electron chi connectivity index (χ1n) is 6.62. The largest absolute Gasteiger partial charge is 0.459 e. The lowest BCUT2D eigenvalue weighted by Crippen LogP contribution is -2.31. The number of ether oxygens (including phenoxy) is 2. The zero-order chi connectivity index (χ0) is 15.4. The summed E-state index contributed by atoms with van der Waals surface area (Å²) in [5.41, 5.74) is 0.161. The topological polar surface area (TPSA) is 109 Å². The van der Waals surface area contributed by atoms with Crippen LogP contribution >= 0.6 is 0 Å². The number of hydrogen-bond acceptors (Lipinski definition) is 7. The van der Waals surface area contributed by atoms with Gasteiger partial charge in [0.1, 0.15) is 30.3 Å². The molecule has 3 atom stereocenters. The van der Waals surface area contributed by atoms with Gasteiger partial charge in [0.05, 0.1) is 6.61 Å². The minimum Gasteiger partial charge on any atom is -0.459 e. The van der Waals surface area contributed by atoms with Crippen molar-refractivity contribution in [2.24, 2.45) is 0 Å². The third-order valence-electron chi connectivity index (χ3n) is 3.07. The van der Waals surface area contributed by atoms with Crippen molar-refractivity contribution in [2.45, 2.75) is 32.0 Å². The highest BCUT2D eigenvalue weighted by Gasteiger charge is 2.42. The van der Waals surface area contributed by atoms with Crippen LogP contribution in [0.15, 0.2) is 22.1 Å². The first-order valence-corrected chi connectivity index (χ1v) is 6.62. The summed E-state index contributed by atoms with van der Waals surface area (Å²) in [4.78, 5) is 12.2. The highest BCUT2D eigenvalue weighted by atomic mass is 16.7. The lowest BCUT2D eigenvalue weighted by Gasteiger charge is -2.16. The van der Waals surface area contributed by atoms with Gasteiger partial charge in [0.25, 0.3) is 0 Å². The van der Waals surface area contributed by atoms with Crippen molar-refractivity contribution in [3.63, 3.8) is 0 Å². The molecule has 0 bridgehead atoms. The first-order chi connectivity index (χ1) is 10.1. The fourth-order valence-corrected chi connectivity index (χ4v) is 2.07.